The Bertz CT molecular complexity index is 612. The number of sulfonamides is 1. The van der Waals surface area contributed by atoms with Crippen LogP contribution in [0.2, 0.25) is 0 Å². The Morgan fingerprint density at radius 1 is 1.41 bits per heavy atom. The Hall–Kier alpha value is -1.41. The monoisotopic (exact) mass is 328 g/mol. The van der Waals surface area contributed by atoms with E-state index in [0.29, 0.717) is 25.8 Å². The van der Waals surface area contributed by atoms with E-state index in [1.165, 1.54) is 9.21 Å². The van der Waals surface area contributed by atoms with Gasteiger partial charge in [-0.1, -0.05) is 6.92 Å². The Morgan fingerprint density at radius 2 is 2.14 bits per heavy atom. The van der Waals surface area contributed by atoms with Crippen LogP contribution < -0.4 is 0 Å². The molecule has 2 heterocycles. The lowest BCUT2D eigenvalue weighted by Gasteiger charge is -2.42. The zero-order valence-electron chi connectivity index (χ0n) is 13.4. The minimum Gasteiger partial charge on any atom is -0.347 e. The molecule has 124 valence electrons. The molecule has 1 aromatic heterocycles. The summed E-state index contributed by atoms with van der Waals surface area (Å²) in [7, 11) is 0.0419. The number of hydrogen-bond acceptors (Lipinski definition) is 4. The van der Waals surface area contributed by atoms with Gasteiger partial charge in [-0.3, -0.25) is 9.48 Å². The van der Waals surface area contributed by atoms with Gasteiger partial charge in [-0.15, -0.1) is 0 Å². The maximum Gasteiger partial charge on any atom is 0.251 e. The maximum absolute atomic E-state index is 12.8. The van der Waals surface area contributed by atoms with Gasteiger partial charge in [-0.05, 0) is 25.3 Å². The van der Waals surface area contributed by atoms with Crippen LogP contribution in [0, 0.1) is 0 Å². The van der Waals surface area contributed by atoms with Gasteiger partial charge in [0.25, 0.3) is 5.91 Å². The van der Waals surface area contributed by atoms with Crippen LogP contribution in [0.5, 0.6) is 0 Å². The SMILES string of the molecule is CCCS(=O)(=O)N1CCCC(C(=O)N(C)C)(n2cccn2)C1. The van der Waals surface area contributed by atoms with Crippen LogP contribution in [0.25, 0.3) is 0 Å². The van der Waals surface area contributed by atoms with Crippen LogP contribution in [-0.2, 0) is 20.4 Å². The summed E-state index contributed by atoms with van der Waals surface area (Å²) in [4.78, 5) is 14.3. The van der Waals surface area contributed by atoms with Gasteiger partial charge in [0.2, 0.25) is 10.0 Å². The lowest BCUT2D eigenvalue weighted by molar-refractivity contribution is -0.141. The van der Waals surface area contributed by atoms with Gasteiger partial charge in [-0.25, -0.2) is 8.42 Å². The summed E-state index contributed by atoms with van der Waals surface area (Å²) in [5.41, 5.74) is -0.952. The molecule has 0 aliphatic carbocycles. The molecule has 1 amide bonds. The third kappa shape index (κ3) is 3.03. The van der Waals surface area contributed by atoms with Crippen molar-refractivity contribution in [2.75, 3.05) is 32.9 Å². The van der Waals surface area contributed by atoms with Crippen molar-refractivity contribution < 1.29 is 13.2 Å². The highest BCUT2D eigenvalue weighted by molar-refractivity contribution is 7.89. The van der Waals surface area contributed by atoms with E-state index < -0.39 is 15.6 Å². The number of nitrogens with zero attached hydrogens (tertiary/aromatic N) is 4. The molecule has 1 atom stereocenters. The molecule has 1 fully saturated rings. The summed E-state index contributed by atoms with van der Waals surface area (Å²) in [5, 5.41) is 4.23. The molecule has 0 N–H and O–H groups in total. The summed E-state index contributed by atoms with van der Waals surface area (Å²) in [6.07, 6.45) is 5.14. The largest absolute Gasteiger partial charge is 0.347 e. The van der Waals surface area contributed by atoms with Crippen molar-refractivity contribution >= 4 is 15.9 Å². The van der Waals surface area contributed by atoms with E-state index in [-0.39, 0.29) is 18.2 Å². The molecule has 0 radical (unpaired) electrons. The number of carbonyl (C=O) groups excluding carboxylic acids is 1. The predicted molar refractivity (Wildman–Crippen MR) is 83.8 cm³/mol. The molecule has 0 saturated carbocycles. The highest BCUT2D eigenvalue weighted by atomic mass is 32.2. The Kier molecular flexibility index (Phi) is 4.91. The maximum atomic E-state index is 12.8. The smallest absolute Gasteiger partial charge is 0.251 e. The van der Waals surface area contributed by atoms with Gasteiger partial charge in [0, 0.05) is 39.6 Å². The standard InChI is InChI=1S/C14H24N4O3S/c1-4-11-22(20,21)17-9-5-7-14(12-17,13(19)16(2)3)18-10-6-8-15-18/h6,8,10H,4-5,7,9,11-12H2,1-3H3. The summed E-state index contributed by atoms with van der Waals surface area (Å²) < 4.78 is 27.9. The zero-order valence-corrected chi connectivity index (χ0v) is 14.2. The van der Waals surface area contributed by atoms with Crippen molar-refractivity contribution in [2.24, 2.45) is 0 Å². The normalized spacial score (nSPS) is 23.4. The topological polar surface area (TPSA) is 75.5 Å². The fourth-order valence-electron chi connectivity index (χ4n) is 3.02. The van der Waals surface area contributed by atoms with E-state index in [0.717, 1.165) is 0 Å². The first-order valence-electron chi connectivity index (χ1n) is 7.53. The van der Waals surface area contributed by atoms with Gasteiger partial charge in [-0.2, -0.15) is 9.40 Å². The minimum atomic E-state index is -3.33. The number of hydrogen-bond donors (Lipinski definition) is 0. The molecule has 2 rings (SSSR count). The van der Waals surface area contributed by atoms with Crippen molar-refractivity contribution in [3.63, 3.8) is 0 Å². The van der Waals surface area contributed by atoms with Crippen LogP contribution >= 0.6 is 0 Å². The average molecular weight is 328 g/mol. The van der Waals surface area contributed by atoms with Gasteiger partial charge >= 0.3 is 0 Å². The second-order valence-electron chi connectivity index (χ2n) is 5.93. The van der Waals surface area contributed by atoms with Crippen molar-refractivity contribution in [3.8, 4) is 0 Å². The van der Waals surface area contributed by atoms with Crippen molar-refractivity contribution in [2.45, 2.75) is 31.7 Å². The molecule has 1 unspecified atom stereocenters. The number of aromatic nitrogens is 2. The lowest BCUT2D eigenvalue weighted by Crippen LogP contribution is -2.59. The van der Waals surface area contributed by atoms with Crippen LogP contribution in [0.3, 0.4) is 0 Å². The van der Waals surface area contributed by atoms with E-state index in [1.807, 2.05) is 6.92 Å². The number of piperidine rings is 1. The Labute approximate surface area is 131 Å². The van der Waals surface area contributed by atoms with E-state index in [4.69, 9.17) is 0 Å². The molecule has 0 spiro atoms. The predicted octanol–water partition coefficient (Wildman–Crippen LogP) is 0.502. The molecule has 8 heteroatoms. The Morgan fingerprint density at radius 3 is 2.68 bits per heavy atom. The molecule has 1 aliphatic heterocycles. The average Bonchev–Trinajstić information content (AvgIpc) is 3.01. The number of amides is 1. The first-order valence-corrected chi connectivity index (χ1v) is 9.14. The summed E-state index contributed by atoms with van der Waals surface area (Å²) in [5.74, 6) is -0.00850. The fraction of sp³-hybridized carbons (Fsp3) is 0.714. The van der Waals surface area contributed by atoms with Gasteiger partial charge in [0.1, 0.15) is 0 Å². The van der Waals surface area contributed by atoms with E-state index in [1.54, 1.807) is 37.2 Å². The lowest BCUT2D eigenvalue weighted by atomic mass is 9.88. The second kappa shape index (κ2) is 6.37. The Balaban J connectivity index is 2.40. The van der Waals surface area contributed by atoms with Crippen LogP contribution in [0.1, 0.15) is 26.2 Å². The summed E-state index contributed by atoms with van der Waals surface area (Å²) in [6.45, 7) is 2.45. The van der Waals surface area contributed by atoms with Crippen LogP contribution in [-0.4, -0.2) is 66.2 Å². The molecule has 22 heavy (non-hydrogen) atoms. The number of likely N-dealkylation sites (N-methyl/N-ethyl adjacent to an activating group) is 1. The van der Waals surface area contributed by atoms with E-state index in [9.17, 15) is 13.2 Å². The molecule has 0 bridgehead atoms. The molecule has 1 saturated heterocycles. The fourth-order valence-corrected chi connectivity index (χ4v) is 4.61. The molecular weight excluding hydrogens is 304 g/mol. The molecular formula is C14H24N4O3S. The van der Waals surface area contributed by atoms with E-state index >= 15 is 0 Å². The highest BCUT2D eigenvalue weighted by Crippen LogP contribution is 2.31. The van der Waals surface area contributed by atoms with Crippen molar-refractivity contribution in [1.29, 1.82) is 0 Å². The molecule has 7 nitrogen and oxygen atoms in total. The van der Waals surface area contributed by atoms with Gasteiger partial charge in [0.05, 0.1) is 5.75 Å². The minimum absolute atomic E-state index is 0.109. The third-order valence-corrected chi connectivity index (χ3v) is 6.06. The molecule has 1 aromatic rings. The molecule has 0 aromatic carbocycles. The number of rotatable bonds is 5. The first-order chi connectivity index (χ1) is 10.3. The quantitative estimate of drug-likeness (QED) is 0.789. The number of carbonyl (C=O) groups is 1. The summed E-state index contributed by atoms with van der Waals surface area (Å²) in [6, 6.07) is 1.75. The van der Waals surface area contributed by atoms with Crippen LogP contribution in [0.15, 0.2) is 18.5 Å². The zero-order chi connectivity index (χ0) is 16.4. The summed E-state index contributed by atoms with van der Waals surface area (Å²) >= 11 is 0. The highest BCUT2D eigenvalue weighted by Gasteiger charge is 2.47. The molecule has 1 aliphatic rings. The van der Waals surface area contributed by atoms with Gasteiger partial charge < -0.3 is 4.90 Å². The van der Waals surface area contributed by atoms with Crippen molar-refractivity contribution in [1.82, 2.24) is 19.0 Å². The van der Waals surface area contributed by atoms with E-state index in [2.05, 4.69) is 5.10 Å². The second-order valence-corrected chi connectivity index (χ2v) is 8.02. The third-order valence-electron chi connectivity index (χ3n) is 4.04. The van der Waals surface area contributed by atoms with Crippen molar-refractivity contribution in [3.05, 3.63) is 18.5 Å². The van der Waals surface area contributed by atoms with Gasteiger partial charge in [0.15, 0.2) is 5.54 Å². The first kappa shape index (κ1) is 17.0. The van der Waals surface area contributed by atoms with Crippen LogP contribution in [0.4, 0.5) is 0 Å².